The van der Waals surface area contributed by atoms with E-state index in [1.165, 1.54) is 46.3 Å². The zero-order valence-electron chi connectivity index (χ0n) is 17.5. The summed E-state index contributed by atoms with van der Waals surface area (Å²) >= 11 is 0. The van der Waals surface area contributed by atoms with Gasteiger partial charge < -0.3 is 25.4 Å². The fourth-order valence-corrected chi connectivity index (χ4v) is 3.48. The van der Waals surface area contributed by atoms with E-state index in [0.717, 1.165) is 5.69 Å². The van der Waals surface area contributed by atoms with Gasteiger partial charge in [-0.25, -0.2) is 0 Å². The fourth-order valence-electron chi connectivity index (χ4n) is 3.48. The van der Waals surface area contributed by atoms with Crippen LogP contribution < -0.4 is 25.4 Å². The van der Waals surface area contributed by atoms with Gasteiger partial charge in [-0.3, -0.25) is 9.59 Å². The highest BCUT2D eigenvalue weighted by molar-refractivity contribution is 6.04. The Balaban J connectivity index is 1.60. The number of carbonyl (C=O) groups is 2. The number of ether oxygens (including phenoxy) is 2. The molecule has 7 nitrogen and oxygen atoms in total. The van der Waals surface area contributed by atoms with Crippen LogP contribution in [0.25, 0.3) is 0 Å². The lowest BCUT2D eigenvalue weighted by Gasteiger charge is -2.23. The maximum absolute atomic E-state index is 12.6. The second-order valence-electron chi connectivity index (χ2n) is 7.34. The quantitative estimate of drug-likeness (QED) is 0.615. The number of nitrogens with one attached hydrogen (secondary N) is 3. The normalized spacial score (nSPS) is 13.9. The number of benzene rings is 2. The van der Waals surface area contributed by atoms with Crippen molar-refractivity contribution in [2.75, 3.05) is 31.4 Å². The van der Waals surface area contributed by atoms with Gasteiger partial charge in [-0.2, -0.15) is 0 Å². The van der Waals surface area contributed by atoms with Crippen LogP contribution in [-0.4, -0.2) is 38.6 Å². The molecule has 1 aliphatic carbocycles. The first-order valence-electron chi connectivity index (χ1n) is 10.3. The Labute approximate surface area is 177 Å². The number of amides is 2. The van der Waals surface area contributed by atoms with Gasteiger partial charge in [0, 0.05) is 30.0 Å². The van der Waals surface area contributed by atoms with E-state index in [9.17, 15) is 9.59 Å². The summed E-state index contributed by atoms with van der Waals surface area (Å²) in [5.74, 6) is 0.286. The van der Waals surface area contributed by atoms with Crippen molar-refractivity contribution in [1.29, 1.82) is 0 Å². The van der Waals surface area contributed by atoms with E-state index in [4.69, 9.17) is 9.47 Å². The molecule has 0 spiro atoms. The number of carbonyl (C=O) groups excluding carboxylic acids is 2. The molecule has 0 unspecified atom stereocenters. The average molecular weight is 412 g/mol. The molecule has 30 heavy (non-hydrogen) atoms. The molecular weight excluding hydrogens is 382 g/mol. The number of methoxy groups -OCH3 is 1. The summed E-state index contributed by atoms with van der Waals surface area (Å²) in [5, 5.41) is 8.94. The molecule has 0 atom stereocenters. The molecule has 2 aromatic rings. The Kier molecular flexibility index (Phi) is 7.54. The Morgan fingerprint density at radius 1 is 0.967 bits per heavy atom. The lowest BCUT2D eigenvalue weighted by atomic mass is 9.95. The number of hydrogen-bond acceptors (Lipinski definition) is 5. The largest absolute Gasteiger partial charge is 0.493 e. The summed E-state index contributed by atoms with van der Waals surface area (Å²) in [4.78, 5) is 24.0. The van der Waals surface area contributed by atoms with Crippen LogP contribution >= 0.6 is 0 Å². The number of rotatable bonds is 8. The summed E-state index contributed by atoms with van der Waals surface area (Å²) in [7, 11) is 3.02. The van der Waals surface area contributed by atoms with Gasteiger partial charge in [0.15, 0.2) is 18.1 Å². The van der Waals surface area contributed by atoms with Crippen molar-refractivity contribution in [2.24, 2.45) is 0 Å². The van der Waals surface area contributed by atoms with Gasteiger partial charge in [0.25, 0.3) is 11.8 Å². The van der Waals surface area contributed by atoms with Crippen molar-refractivity contribution < 1.29 is 19.1 Å². The summed E-state index contributed by atoms with van der Waals surface area (Å²) in [6.45, 7) is -0.125. The molecule has 0 bridgehead atoms. The average Bonchev–Trinajstić information content (AvgIpc) is 2.79. The van der Waals surface area contributed by atoms with Gasteiger partial charge >= 0.3 is 0 Å². The molecule has 1 aliphatic rings. The molecule has 3 N–H and O–H groups in total. The zero-order chi connectivity index (χ0) is 21.3. The zero-order valence-corrected chi connectivity index (χ0v) is 17.5. The third kappa shape index (κ3) is 5.89. The molecule has 160 valence electrons. The van der Waals surface area contributed by atoms with Gasteiger partial charge in [0.05, 0.1) is 7.11 Å². The number of hydrogen-bond donors (Lipinski definition) is 3. The minimum Gasteiger partial charge on any atom is -0.493 e. The first kappa shape index (κ1) is 21.5. The van der Waals surface area contributed by atoms with Crippen LogP contribution in [0.3, 0.4) is 0 Å². The summed E-state index contributed by atoms with van der Waals surface area (Å²) in [6, 6.07) is 13.1. The van der Waals surface area contributed by atoms with Crippen molar-refractivity contribution in [3.63, 3.8) is 0 Å². The molecular formula is C23H29N3O4. The summed E-state index contributed by atoms with van der Waals surface area (Å²) < 4.78 is 10.7. The second-order valence-corrected chi connectivity index (χ2v) is 7.34. The highest BCUT2D eigenvalue weighted by Gasteiger charge is 2.14. The molecule has 0 saturated heterocycles. The summed E-state index contributed by atoms with van der Waals surface area (Å²) in [6.07, 6.45) is 6.32. The third-order valence-corrected chi connectivity index (χ3v) is 5.18. The predicted molar refractivity (Wildman–Crippen MR) is 117 cm³/mol. The van der Waals surface area contributed by atoms with Crippen LogP contribution in [0.15, 0.2) is 42.5 Å². The first-order chi connectivity index (χ1) is 14.6. The molecule has 1 saturated carbocycles. The Morgan fingerprint density at radius 3 is 2.33 bits per heavy atom. The van der Waals surface area contributed by atoms with Crippen molar-refractivity contribution in [2.45, 2.75) is 38.1 Å². The Bertz CT molecular complexity index is 861. The first-order valence-corrected chi connectivity index (χ1v) is 10.3. The lowest BCUT2D eigenvalue weighted by molar-refractivity contribution is -0.122. The Hall–Kier alpha value is -3.22. The molecule has 2 amide bonds. The number of anilines is 2. The SMILES string of the molecule is CNC(=O)COc1ccc(C(=O)Nc2ccc(NC3CCCCC3)cc2)cc1OC. The van der Waals surface area contributed by atoms with Crippen molar-refractivity contribution in [3.8, 4) is 11.5 Å². The van der Waals surface area contributed by atoms with Gasteiger partial charge in [0.2, 0.25) is 0 Å². The van der Waals surface area contributed by atoms with E-state index < -0.39 is 0 Å². The number of likely N-dealkylation sites (N-methyl/N-ethyl adjacent to an activating group) is 1. The Morgan fingerprint density at radius 2 is 1.67 bits per heavy atom. The van der Waals surface area contributed by atoms with Crippen molar-refractivity contribution in [3.05, 3.63) is 48.0 Å². The van der Waals surface area contributed by atoms with Crippen LogP contribution in [-0.2, 0) is 4.79 Å². The highest BCUT2D eigenvalue weighted by atomic mass is 16.5. The van der Waals surface area contributed by atoms with Gasteiger partial charge in [-0.05, 0) is 55.3 Å². The monoisotopic (exact) mass is 411 g/mol. The van der Waals surface area contributed by atoms with E-state index >= 15 is 0 Å². The third-order valence-electron chi connectivity index (χ3n) is 5.18. The van der Waals surface area contributed by atoms with Crippen LogP contribution in [0.1, 0.15) is 42.5 Å². The van der Waals surface area contributed by atoms with E-state index in [2.05, 4.69) is 16.0 Å². The van der Waals surface area contributed by atoms with Crippen LogP contribution in [0, 0.1) is 0 Å². The fraction of sp³-hybridized carbons (Fsp3) is 0.391. The topological polar surface area (TPSA) is 88.7 Å². The summed E-state index contributed by atoms with van der Waals surface area (Å²) in [5.41, 5.74) is 2.22. The van der Waals surface area contributed by atoms with Crippen LogP contribution in [0.5, 0.6) is 11.5 Å². The molecule has 3 rings (SSSR count). The maximum atomic E-state index is 12.6. The lowest BCUT2D eigenvalue weighted by Crippen LogP contribution is -2.25. The molecule has 2 aromatic carbocycles. The molecule has 0 aromatic heterocycles. The molecule has 1 fully saturated rings. The van der Waals surface area contributed by atoms with E-state index in [1.807, 2.05) is 24.3 Å². The molecule has 7 heteroatoms. The van der Waals surface area contributed by atoms with Gasteiger partial charge in [-0.1, -0.05) is 19.3 Å². The minimum absolute atomic E-state index is 0.125. The van der Waals surface area contributed by atoms with Gasteiger partial charge in [0.1, 0.15) is 0 Å². The van der Waals surface area contributed by atoms with Crippen molar-refractivity contribution in [1.82, 2.24) is 5.32 Å². The maximum Gasteiger partial charge on any atom is 0.257 e. The molecule has 0 radical (unpaired) electrons. The van der Waals surface area contributed by atoms with Gasteiger partial charge in [-0.15, -0.1) is 0 Å². The van der Waals surface area contributed by atoms with Crippen molar-refractivity contribution >= 4 is 23.2 Å². The van der Waals surface area contributed by atoms with E-state index in [1.54, 1.807) is 18.2 Å². The van der Waals surface area contributed by atoms with E-state index in [0.29, 0.717) is 28.8 Å². The molecule has 0 aliphatic heterocycles. The second kappa shape index (κ2) is 10.5. The smallest absolute Gasteiger partial charge is 0.257 e. The highest BCUT2D eigenvalue weighted by Crippen LogP contribution is 2.28. The van der Waals surface area contributed by atoms with Crippen LogP contribution in [0.4, 0.5) is 11.4 Å². The molecule has 0 heterocycles. The van der Waals surface area contributed by atoms with Crippen LogP contribution in [0.2, 0.25) is 0 Å². The standard InChI is InChI=1S/C23H29N3O4/c1-24-22(27)15-30-20-13-8-16(14-21(20)29-2)23(28)26-19-11-9-18(10-12-19)25-17-6-4-3-5-7-17/h8-14,17,25H,3-7,15H2,1-2H3,(H,24,27)(H,26,28). The predicted octanol–water partition coefficient (Wildman–Crippen LogP) is 3.82. The minimum atomic E-state index is -0.251. The van der Waals surface area contributed by atoms with E-state index in [-0.39, 0.29) is 18.4 Å².